The third kappa shape index (κ3) is 2.53. The van der Waals surface area contributed by atoms with Crippen molar-refractivity contribution >= 4 is 0 Å². The molecule has 0 aliphatic rings. The minimum absolute atomic E-state index is 0.287. The predicted octanol–water partition coefficient (Wildman–Crippen LogP) is 2.97. The maximum atomic E-state index is 12.6. The fourth-order valence-electron chi connectivity index (χ4n) is 1.22. The van der Waals surface area contributed by atoms with E-state index in [0.29, 0.717) is 11.5 Å². The number of ether oxygens (including phenoxy) is 1. The van der Waals surface area contributed by atoms with Crippen LogP contribution in [0.4, 0.5) is 4.39 Å². The van der Waals surface area contributed by atoms with Crippen LogP contribution in [-0.2, 0) is 6.42 Å². The molecule has 4 heteroatoms. The second kappa shape index (κ2) is 4.70. The zero-order valence-corrected chi connectivity index (χ0v) is 8.85. The Morgan fingerprint density at radius 3 is 2.25 bits per heavy atom. The molecule has 0 saturated heterocycles. The maximum Gasteiger partial charge on any atom is 0.164 e. The SMILES string of the molecule is CCc1ncc(Oc2ccc(F)cc2)cn1. The van der Waals surface area contributed by atoms with Crippen molar-refractivity contribution in [3.63, 3.8) is 0 Å². The zero-order valence-electron chi connectivity index (χ0n) is 8.85. The van der Waals surface area contributed by atoms with E-state index in [0.717, 1.165) is 12.2 Å². The largest absolute Gasteiger partial charge is 0.454 e. The van der Waals surface area contributed by atoms with Crippen molar-refractivity contribution in [1.82, 2.24) is 9.97 Å². The van der Waals surface area contributed by atoms with Gasteiger partial charge in [-0.05, 0) is 24.3 Å². The Labute approximate surface area is 92.9 Å². The standard InChI is InChI=1S/C12H11FN2O/c1-2-12-14-7-11(8-15-12)16-10-5-3-9(13)4-6-10/h3-8H,2H2,1H3. The van der Waals surface area contributed by atoms with Gasteiger partial charge in [-0.25, -0.2) is 14.4 Å². The van der Waals surface area contributed by atoms with Gasteiger partial charge >= 0.3 is 0 Å². The van der Waals surface area contributed by atoms with Crippen LogP contribution in [-0.4, -0.2) is 9.97 Å². The molecule has 16 heavy (non-hydrogen) atoms. The molecule has 0 unspecified atom stereocenters. The van der Waals surface area contributed by atoms with Gasteiger partial charge in [0, 0.05) is 6.42 Å². The Morgan fingerprint density at radius 1 is 1.06 bits per heavy atom. The predicted molar refractivity (Wildman–Crippen MR) is 57.9 cm³/mol. The number of nitrogens with zero attached hydrogens (tertiary/aromatic N) is 2. The monoisotopic (exact) mass is 218 g/mol. The van der Waals surface area contributed by atoms with Crippen LogP contribution in [0.25, 0.3) is 0 Å². The minimum atomic E-state index is -0.287. The molecule has 0 aliphatic carbocycles. The third-order valence-electron chi connectivity index (χ3n) is 2.05. The second-order valence-electron chi connectivity index (χ2n) is 3.24. The van der Waals surface area contributed by atoms with E-state index in [2.05, 4.69) is 9.97 Å². The number of aromatic nitrogens is 2. The van der Waals surface area contributed by atoms with E-state index in [1.165, 1.54) is 12.1 Å². The first-order chi connectivity index (χ1) is 7.78. The fraction of sp³-hybridized carbons (Fsp3) is 0.167. The number of aryl methyl sites for hydroxylation is 1. The molecule has 0 aliphatic heterocycles. The summed E-state index contributed by atoms with van der Waals surface area (Å²) in [5.74, 6) is 1.59. The van der Waals surface area contributed by atoms with Gasteiger partial charge in [-0.1, -0.05) is 6.92 Å². The van der Waals surface area contributed by atoms with Gasteiger partial charge in [0.25, 0.3) is 0 Å². The first-order valence-corrected chi connectivity index (χ1v) is 5.02. The molecule has 0 spiro atoms. The van der Waals surface area contributed by atoms with Crippen LogP contribution in [0.1, 0.15) is 12.7 Å². The highest BCUT2D eigenvalue weighted by molar-refractivity contribution is 5.28. The maximum absolute atomic E-state index is 12.6. The number of benzene rings is 1. The van der Waals surface area contributed by atoms with Crippen LogP contribution in [0, 0.1) is 5.82 Å². The average molecular weight is 218 g/mol. The normalized spacial score (nSPS) is 10.1. The molecule has 0 radical (unpaired) electrons. The Balaban J connectivity index is 2.11. The van der Waals surface area contributed by atoms with E-state index in [4.69, 9.17) is 4.74 Å². The molecule has 0 fully saturated rings. The van der Waals surface area contributed by atoms with Gasteiger partial charge < -0.3 is 4.74 Å². The van der Waals surface area contributed by atoms with Crippen molar-refractivity contribution < 1.29 is 9.13 Å². The van der Waals surface area contributed by atoms with Crippen LogP contribution >= 0.6 is 0 Å². The lowest BCUT2D eigenvalue weighted by Crippen LogP contribution is -1.93. The Morgan fingerprint density at radius 2 is 1.69 bits per heavy atom. The van der Waals surface area contributed by atoms with Crippen LogP contribution in [0.2, 0.25) is 0 Å². The topological polar surface area (TPSA) is 35.0 Å². The molecule has 0 saturated carbocycles. The van der Waals surface area contributed by atoms with Crippen molar-refractivity contribution in [1.29, 1.82) is 0 Å². The van der Waals surface area contributed by atoms with Crippen molar-refractivity contribution in [3.05, 3.63) is 48.3 Å². The van der Waals surface area contributed by atoms with Crippen LogP contribution in [0.5, 0.6) is 11.5 Å². The molecular formula is C12H11FN2O. The molecule has 0 amide bonds. The Bertz CT molecular complexity index is 453. The van der Waals surface area contributed by atoms with E-state index >= 15 is 0 Å². The van der Waals surface area contributed by atoms with Crippen molar-refractivity contribution in [2.45, 2.75) is 13.3 Å². The molecule has 2 rings (SSSR count). The van der Waals surface area contributed by atoms with E-state index in [1.54, 1.807) is 24.5 Å². The van der Waals surface area contributed by atoms with E-state index in [-0.39, 0.29) is 5.82 Å². The highest BCUT2D eigenvalue weighted by Crippen LogP contribution is 2.19. The number of halogens is 1. The van der Waals surface area contributed by atoms with Crippen molar-refractivity contribution in [2.75, 3.05) is 0 Å². The van der Waals surface area contributed by atoms with Crippen LogP contribution in [0.15, 0.2) is 36.7 Å². The molecule has 1 heterocycles. The van der Waals surface area contributed by atoms with E-state index in [9.17, 15) is 4.39 Å². The third-order valence-corrected chi connectivity index (χ3v) is 2.05. The van der Waals surface area contributed by atoms with Gasteiger partial charge in [0.1, 0.15) is 17.4 Å². The lowest BCUT2D eigenvalue weighted by atomic mass is 10.3. The van der Waals surface area contributed by atoms with E-state index in [1.807, 2.05) is 6.92 Å². The smallest absolute Gasteiger partial charge is 0.164 e. The van der Waals surface area contributed by atoms with E-state index < -0.39 is 0 Å². The molecule has 1 aromatic heterocycles. The summed E-state index contributed by atoms with van der Waals surface area (Å²) in [6.07, 6.45) is 4.00. The quantitative estimate of drug-likeness (QED) is 0.794. The minimum Gasteiger partial charge on any atom is -0.454 e. The van der Waals surface area contributed by atoms with Gasteiger partial charge in [0.2, 0.25) is 0 Å². The Hall–Kier alpha value is -1.97. The highest BCUT2D eigenvalue weighted by atomic mass is 19.1. The van der Waals surface area contributed by atoms with Crippen LogP contribution < -0.4 is 4.74 Å². The number of hydrogen-bond donors (Lipinski definition) is 0. The summed E-state index contributed by atoms with van der Waals surface area (Å²) in [5, 5.41) is 0. The molecule has 2 aromatic rings. The summed E-state index contributed by atoms with van der Waals surface area (Å²) in [6, 6.07) is 5.80. The van der Waals surface area contributed by atoms with Crippen molar-refractivity contribution in [2.24, 2.45) is 0 Å². The van der Waals surface area contributed by atoms with Crippen LogP contribution in [0.3, 0.4) is 0 Å². The second-order valence-corrected chi connectivity index (χ2v) is 3.24. The summed E-state index contributed by atoms with van der Waals surface area (Å²) in [4.78, 5) is 8.20. The van der Waals surface area contributed by atoms with Gasteiger partial charge in [0.15, 0.2) is 5.75 Å². The summed E-state index contributed by atoms with van der Waals surface area (Å²) >= 11 is 0. The molecule has 3 nitrogen and oxygen atoms in total. The van der Waals surface area contributed by atoms with Crippen molar-refractivity contribution in [3.8, 4) is 11.5 Å². The highest BCUT2D eigenvalue weighted by Gasteiger charge is 1.99. The number of hydrogen-bond acceptors (Lipinski definition) is 3. The number of rotatable bonds is 3. The van der Waals surface area contributed by atoms with Gasteiger partial charge in [-0.15, -0.1) is 0 Å². The Kier molecular flexibility index (Phi) is 3.10. The van der Waals surface area contributed by atoms with Gasteiger partial charge in [-0.3, -0.25) is 0 Å². The van der Waals surface area contributed by atoms with Gasteiger partial charge in [-0.2, -0.15) is 0 Å². The molecule has 0 bridgehead atoms. The molecule has 1 aromatic carbocycles. The molecule has 82 valence electrons. The lowest BCUT2D eigenvalue weighted by Gasteiger charge is -2.04. The first-order valence-electron chi connectivity index (χ1n) is 5.02. The zero-order chi connectivity index (χ0) is 11.4. The molecule has 0 atom stereocenters. The summed E-state index contributed by atoms with van der Waals surface area (Å²) in [5.41, 5.74) is 0. The fourth-order valence-corrected chi connectivity index (χ4v) is 1.22. The lowest BCUT2D eigenvalue weighted by molar-refractivity contribution is 0.474. The molecular weight excluding hydrogens is 207 g/mol. The molecule has 0 N–H and O–H groups in total. The average Bonchev–Trinajstić information content (AvgIpc) is 2.33. The summed E-state index contributed by atoms with van der Waals surface area (Å²) in [7, 11) is 0. The summed E-state index contributed by atoms with van der Waals surface area (Å²) < 4.78 is 18.1. The summed E-state index contributed by atoms with van der Waals surface area (Å²) in [6.45, 7) is 1.98. The first kappa shape index (κ1) is 10.5. The van der Waals surface area contributed by atoms with Gasteiger partial charge in [0.05, 0.1) is 12.4 Å².